The van der Waals surface area contributed by atoms with Crippen molar-refractivity contribution in [2.75, 3.05) is 13.1 Å². The Labute approximate surface area is 189 Å². The normalized spacial score (nSPS) is 17.1. The lowest BCUT2D eigenvalue weighted by atomic mass is 10.1. The van der Waals surface area contributed by atoms with Crippen molar-refractivity contribution in [3.05, 3.63) is 74.7 Å². The zero-order chi connectivity index (χ0) is 21.3. The second-order valence-electron chi connectivity index (χ2n) is 7.15. The zero-order valence-electron chi connectivity index (χ0n) is 17.4. The van der Waals surface area contributed by atoms with Crippen molar-refractivity contribution in [3.63, 3.8) is 0 Å². The number of likely N-dealkylation sites (N-methyl/N-ethyl adjacent to an activating group) is 1. The molecule has 30 heavy (non-hydrogen) atoms. The van der Waals surface area contributed by atoms with Crippen LogP contribution in [0.25, 0.3) is 17.0 Å². The molecule has 2 heterocycles. The molecule has 0 saturated carbocycles. The van der Waals surface area contributed by atoms with E-state index >= 15 is 0 Å². The molecule has 0 spiro atoms. The summed E-state index contributed by atoms with van der Waals surface area (Å²) in [4.78, 5) is 19.9. The smallest absolute Gasteiger partial charge is 0.266 e. The van der Waals surface area contributed by atoms with Crippen molar-refractivity contribution in [1.29, 1.82) is 0 Å². The number of carbonyl (C=O) groups is 1. The second kappa shape index (κ2) is 8.82. The number of rotatable bonds is 5. The van der Waals surface area contributed by atoms with Crippen molar-refractivity contribution < 1.29 is 4.79 Å². The average Bonchev–Trinajstić information content (AvgIpc) is 3.19. The molecule has 0 bridgehead atoms. The third-order valence-corrected chi connectivity index (χ3v) is 6.88. The third-order valence-electron chi connectivity index (χ3n) is 5.31. The van der Waals surface area contributed by atoms with Crippen LogP contribution in [0.5, 0.6) is 0 Å². The average molecular weight is 482 g/mol. The summed E-state index contributed by atoms with van der Waals surface area (Å²) in [6.07, 6.45) is 2.05. The Bertz CT molecular complexity index is 1160. The minimum absolute atomic E-state index is 0.0406. The van der Waals surface area contributed by atoms with Gasteiger partial charge in [-0.25, -0.2) is 0 Å². The van der Waals surface area contributed by atoms with Crippen molar-refractivity contribution in [3.8, 4) is 0 Å². The summed E-state index contributed by atoms with van der Waals surface area (Å²) in [7, 11) is 0. The summed E-state index contributed by atoms with van der Waals surface area (Å²) in [5.41, 5.74) is 4.67. The van der Waals surface area contributed by atoms with Gasteiger partial charge in [0, 0.05) is 46.3 Å². The Kier molecular flexibility index (Phi) is 6.16. The number of amides is 1. The summed E-state index contributed by atoms with van der Waals surface area (Å²) in [5, 5.41) is 1.96. The Morgan fingerprint density at radius 3 is 2.53 bits per heavy atom. The molecule has 6 heteroatoms. The maximum Gasteiger partial charge on any atom is 0.266 e. The minimum Gasteiger partial charge on any atom is -0.340 e. The molecule has 0 atom stereocenters. The molecule has 4 nitrogen and oxygen atoms in total. The predicted molar refractivity (Wildman–Crippen MR) is 131 cm³/mol. The predicted octanol–water partition coefficient (Wildman–Crippen LogP) is 6.07. The van der Waals surface area contributed by atoms with Crippen LogP contribution in [0.4, 0.5) is 0 Å². The molecule has 2 aromatic carbocycles. The van der Waals surface area contributed by atoms with Crippen molar-refractivity contribution >= 4 is 55.7 Å². The van der Waals surface area contributed by atoms with Crippen LogP contribution in [0.2, 0.25) is 0 Å². The van der Waals surface area contributed by atoms with Gasteiger partial charge >= 0.3 is 0 Å². The highest BCUT2D eigenvalue weighted by Crippen LogP contribution is 2.36. The number of aromatic nitrogens is 1. The number of nitrogens with zero attached hydrogens (tertiary/aromatic N) is 3. The van der Waals surface area contributed by atoms with Gasteiger partial charge in [-0.05, 0) is 62.4 Å². The Morgan fingerprint density at radius 2 is 1.83 bits per heavy atom. The van der Waals surface area contributed by atoms with Crippen molar-refractivity contribution in [2.24, 2.45) is 4.99 Å². The van der Waals surface area contributed by atoms with Gasteiger partial charge in [0.05, 0.1) is 4.91 Å². The van der Waals surface area contributed by atoms with Crippen LogP contribution in [-0.2, 0) is 11.3 Å². The van der Waals surface area contributed by atoms with Gasteiger partial charge < -0.3 is 4.57 Å². The Morgan fingerprint density at radius 1 is 1.10 bits per heavy atom. The maximum atomic E-state index is 12.9. The molecule has 0 unspecified atom stereocenters. The highest BCUT2D eigenvalue weighted by atomic mass is 79.9. The number of benzene rings is 2. The first-order valence-electron chi connectivity index (χ1n) is 10.1. The molecule has 0 N–H and O–H groups in total. The Balaban J connectivity index is 1.80. The fourth-order valence-electron chi connectivity index (χ4n) is 3.79. The van der Waals surface area contributed by atoms with Crippen molar-refractivity contribution in [2.45, 2.75) is 27.3 Å². The standard InChI is InChI=1S/C24H24BrN3OS/c1-4-26-24-27(5-2)23(29)22(30-24)14-20-16(3)28(21-9-7-6-8-19(20)21)15-17-10-12-18(25)13-11-17/h6-14H,4-5,15H2,1-3H3/b22-14-,26-24?. The molecule has 0 radical (unpaired) electrons. The first-order valence-corrected chi connectivity index (χ1v) is 11.7. The first-order chi connectivity index (χ1) is 14.5. The lowest BCUT2D eigenvalue weighted by molar-refractivity contribution is -0.122. The van der Waals surface area contributed by atoms with Crippen LogP contribution in [0.3, 0.4) is 0 Å². The van der Waals surface area contributed by atoms with Gasteiger partial charge in [0.2, 0.25) is 0 Å². The van der Waals surface area contributed by atoms with E-state index in [0.717, 1.165) is 37.7 Å². The van der Waals surface area contributed by atoms with Crippen LogP contribution in [0.15, 0.2) is 62.9 Å². The number of hydrogen-bond donors (Lipinski definition) is 0. The number of amidine groups is 1. The summed E-state index contributed by atoms with van der Waals surface area (Å²) in [5.74, 6) is 0.0406. The van der Waals surface area contributed by atoms with Gasteiger partial charge in [-0.15, -0.1) is 0 Å². The topological polar surface area (TPSA) is 37.6 Å². The molecule has 3 aromatic rings. The summed E-state index contributed by atoms with van der Waals surface area (Å²) in [6, 6.07) is 16.8. The second-order valence-corrected chi connectivity index (χ2v) is 9.07. The highest BCUT2D eigenvalue weighted by molar-refractivity contribution is 9.10. The number of halogens is 1. The molecular formula is C24H24BrN3OS. The molecule has 0 aliphatic carbocycles. The minimum atomic E-state index is 0.0406. The van der Waals surface area contributed by atoms with Crippen molar-refractivity contribution in [1.82, 2.24) is 9.47 Å². The fourth-order valence-corrected chi connectivity index (χ4v) is 5.14. The van der Waals surface area contributed by atoms with E-state index in [4.69, 9.17) is 0 Å². The number of aliphatic imine (C=N–C) groups is 1. The fraction of sp³-hybridized carbons (Fsp3) is 0.250. The number of thioether (sulfide) groups is 1. The van der Waals surface area contributed by atoms with E-state index in [9.17, 15) is 4.79 Å². The van der Waals surface area contributed by atoms with E-state index in [0.29, 0.717) is 13.1 Å². The van der Waals surface area contributed by atoms with Crippen LogP contribution >= 0.6 is 27.7 Å². The van der Waals surface area contributed by atoms with Gasteiger partial charge in [-0.1, -0.05) is 46.3 Å². The summed E-state index contributed by atoms with van der Waals surface area (Å²) >= 11 is 4.98. The van der Waals surface area contributed by atoms with Gasteiger partial charge in [-0.3, -0.25) is 14.7 Å². The van der Waals surface area contributed by atoms with Gasteiger partial charge in [0.1, 0.15) is 0 Å². The van der Waals surface area contributed by atoms with E-state index in [1.165, 1.54) is 22.8 Å². The van der Waals surface area contributed by atoms with Gasteiger partial charge in [0.15, 0.2) is 5.17 Å². The van der Waals surface area contributed by atoms with Crippen LogP contribution in [-0.4, -0.2) is 33.6 Å². The third kappa shape index (κ3) is 3.86. The number of fused-ring (bicyclic) bond motifs is 1. The van der Waals surface area contributed by atoms with Crippen LogP contribution in [0, 0.1) is 6.92 Å². The Hall–Kier alpha value is -2.31. The van der Waals surface area contributed by atoms with E-state index in [-0.39, 0.29) is 5.91 Å². The maximum absolute atomic E-state index is 12.9. The SMILES string of the molecule is CCN=C1S/C(=C\c2c(C)n(Cc3ccc(Br)cc3)c3ccccc23)C(=O)N1CC. The van der Waals surface area contributed by atoms with Crippen LogP contribution in [0.1, 0.15) is 30.7 Å². The molecule has 1 aromatic heterocycles. The summed E-state index contributed by atoms with van der Waals surface area (Å²) < 4.78 is 3.40. The largest absolute Gasteiger partial charge is 0.340 e. The van der Waals surface area contributed by atoms with Gasteiger partial charge in [0.25, 0.3) is 5.91 Å². The quantitative estimate of drug-likeness (QED) is 0.414. The molecule has 1 aliphatic rings. The molecule has 1 aliphatic heterocycles. The number of hydrogen-bond acceptors (Lipinski definition) is 3. The lowest BCUT2D eigenvalue weighted by Gasteiger charge is -2.11. The van der Waals surface area contributed by atoms with Gasteiger partial charge in [-0.2, -0.15) is 0 Å². The van der Waals surface area contributed by atoms with E-state index < -0.39 is 0 Å². The van der Waals surface area contributed by atoms with Crippen LogP contribution < -0.4 is 0 Å². The molecule has 1 amide bonds. The lowest BCUT2D eigenvalue weighted by Crippen LogP contribution is -2.28. The molecular weight excluding hydrogens is 458 g/mol. The zero-order valence-corrected chi connectivity index (χ0v) is 19.8. The summed E-state index contributed by atoms with van der Waals surface area (Å²) in [6.45, 7) is 8.20. The number of carbonyl (C=O) groups excluding carboxylic acids is 1. The number of para-hydroxylation sites is 1. The van der Waals surface area contributed by atoms with E-state index in [1.807, 2.05) is 19.9 Å². The monoisotopic (exact) mass is 481 g/mol. The molecule has 4 rings (SSSR count). The molecule has 1 saturated heterocycles. The van der Waals surface area contributed by atoms with E-state index in [2.05, 4.69) is 80.9 Å². The highest BCUT2D eigenvalue weighted by Gasteiger charge is 2.32. The molecule has 154 valence electrons. The molecule has 1 fully saturated rings. The first kappa shape index (κ1) is 20.9. The van der Waals surface area contributed by atoms with E-state index in [1.54, 1.807) is 4.90 Å².